The molecule has 0 N–H and O–H groups in total. The van der Waals surface area contributed by atoms with Crippen LogP contribution in [0.2, 0.25) is 0 Å². The third kappa shape index (κ3) is 15.3. The van der Waals surface area contributed by atoms with Crippen LogP contribution >= 0.6 is 0 Å². The van der Waals surface area contributed by atoms with E-state index < -0.39 is 0 Å². The molecule has 0 amide bonds. The Kier molecular flexibility index (Phi) is 16.0. The van der Waals surface area contributed by atoms with Crippen molar-refractivity contribution in [2.75, 3.05) is 7.11 Å². The van der Waals surface area contributed by atoms with Crippen LogP contribution in [0.5, 0.6) is 0 Å². The minimum atomic E-state index is 0. The molecule has 0 atom stereocenters. The molecule has 0 fully saturated rings. The summed E-state index contributed by atoms with van der Waals surface area (Å²) in [6, 6.07) is 0. The normalized spacial score (nSPS) is 4.20. The minimum Gasteiger partial charge on any atom is -1.00 e. The molecular weight excluding hydrogens is 63.0 g/mol. The Balaban J connectivity index is -0.0000000450. The first kappa shape index (κ1) is 8.91. The fraction of sp³-hybridized carbons (Fsp3) is 0.500. The quantitative estimate of drug-likeness (QED) is 0.240. The van der Waals surface area contributed by atoms with Gasteiger partial charge in [-0.2, -0.15) is 0 Å². The average Bonchev–Trinajstić information content (AvgIpc) is 1.37. The van der Waals surface area contributed by atoms with Crippen LogP contribution in [0.4, 0.5) is 0 Å². The Morgan fingerprint density at radius 2 is 2.20 bits per heavy atom. The van der Waals surface area contributed by atoms with Gasteiger partial charge in [0.2, 0.25) is 0 Å². The van der Waals surface area contributed by atoms with Crippen molar-refractivity contribution >= 4 is 6.47 Å². The Bertz CT molecular complexity index is 25.5. The summed E-state index contributed by atoms with van der Waals surface area (Å²) in [6.07, 6.45) is 0. The van der Waals surface area contributed by atoms with Gasteiger partial charge in [-0.15, -0.1) is 0 Å². The number of rotatable bonds is 1. The van der Waals surface area contributed by atoms with E-state index in [-0.39, 0.29) is 20.3 Å². The van der Waals surface area contributed by atoms with E-state index in [9.17, 15) is 0 Å². The first-order valence-electron chi connectivity index (χ1n) is 0.880. The summed E-state index contributed by atoms with van der Waals surface area (Å²) in [7, 11) is 1.31. The van der Waals surface area contributed by atoms with E-state index in [1.807, 2.05) is 0 Å². The van der Waals surface area contributed by atoms with Crippen molar-refractivity contribution in [1.29, 1.82) is 0 Å². The number of ether oxygens (including phenoxy) is 1. The summed E-state index contributed by atoms with van der Waals surface area (Å²) in [5.74, 6) is 0. The summed E-state index contributed by atoms with van der Waals surface area (Å²) >= 11 is 0. The molecule has 0 saturated heterocycles. The van der Waals surface area contributed by atoms with Gasteiger partial charge in [0, 0.05) is 0 Å². The van der Waals surface area contributed by atoms with Gasteiger partial charge in [0.1, 0.15) is 0 Å². The van der Waals surface area contributed by atoms with Crippen LogP contribution in [0, 0.1) is 0 Å². The molecule has 0 unspecified atom stereocenters. The summed E-state index contributed by atoms with van der Waals surface area (Å²) in [5.41, 5.74) is 0. The van der Waals surface area contributed by atoms with Crippen molar-refractivity contribution in [2.45, 2.75) is 0 Å². The van der Waals surface area contributed by atoms with Crippen LogP contribution in [0.1, 0.15) is 1.43 Å². The molecular formula is C2H5LiO2. The standard InChI is InChI=1S/C2H4O2.Li.H/c1-4-2-3;;/h2H,1H3;;/q;+1;-1. The second-order valence-corrected chi connectivity index (χ2v) is 0.332. The van der Waals surface area contributed by atoms with Gasteiger partial charge in [-0.1, -0.05) is 0 Å². The molecule has 0 aromatic heterocycles. The van der Waals surface area contributed by atoms with Gasteiger partial charge in [-0.05, 0) is 0 Å². The maximum atomic E-state index is 8.95. The molecule has 5 heavy (non-hydrogen) atoms. The zero-order valence-electron chi connectivity index (χ0n) is 4.39. The zero-order chi connectivity index (χ0) is 3.41. The number of carbonyl (C=O) groups excluding carboxylic acids is 1. The molecule has 3 heteroatoms. The van der Waals surface area contributed by atoms with Crippen molar-refractivity contribution in [2.24, 2.45) is 0 Å². The van der Waals surface area contributed by atoms with Gasteiger partial charge in [0.15, 0.2) is 0 Å². The van der Waals surface area contributed by atoms with Gasteiger partial charge in [-0.25, -0.2) is 0 Å². The fourth-order valence-electron chi connectivity index (χ4n) is 0. The molecule has 0 spiro atoms. The van der Waals surface area contributed by atoms with Crippen LogP contribution in [0.15, 0.2) is 0 Å². The van der Waals surface area contributed by atoms with Gasteiger partial charge < -0.3 is 6.16 Å². The second kappa shape index (κ2) is 8.95. The van der Waals surface area contributed by atoms with Crippen molar-refractivity contribution < 1.29 is 29.8 Å². The van der Waals surface area contributed by atoms with Crippen molar-refractivity contribution in [3.8, 4) is 0 Å². The predicted molar refractivity (Wildman–Crippen MR) is 14.2 cm³/mol. The van der Waals surface area contributed by atoms with E-state index in [2.05, 4.69) is 4.74 Å². The number of hydrogen-bond donors (Lipinski definition) is 0. The predicted octanol–water partition coefficient (Wildman–Crippen LogP) is -3.09. The summed E-state index contributed by atoms with van der Waals surface area (Å²) in [5, 5.41) is 0. The Labute approximate surface area is 44.2 Å². The number of carbonyl (C=O) groups is 1. The van der Waals surface area contributed by atoms with E-state index in [1.54, 1.807) is 0 Å². The fourth-order valence-corrected chi connectivity index (χ4v) is 0. The topological polar surface area (TPSA) is 26.3 Å². The first-order valence-corrected chi connectivity index (χ1v) is 0.880. The Hall–Kier alpha value is 0.0674. The molecule has 2 nitrogen and oxygen atoms in total. The van der Waals surface area contributed by atoms with Crippen molar-refractivity contribution in [3.05, 3.63) is 0 Å². The monoisotopic (exact) mass is 68.0 g/mol. The van der Waals surface area contributed by atoms with Gasteiger partial charge in [0.25, 0.3) is 6.47 Å². The molecule has 0 saturated carbocycles. The van der Waals surface area contributed by atoms with E-state index in [0.717, 1.165) is 0 Å². The van der Waals surface area contributed by atoms with Crippen LogP contribution in [0.25, 0.3) is 0 Å². The molecule has 0 radical (unpaired) electrons. The third-order valence-corrected chi connectivity index (χ3v) is 0.0962. The van der Waals surface area contributed by atoms with E-state index in [4.69, 9.17) is 4.79 Å². The summed E-state index contributed by atoms with van der Waals surface area (Å²) < 4.78 is 3.86. The van der Waals surface area contributed by atoms with Crippen LogP contribution in [-0.4, -0.2) is 13.6 Å². The summed E-state index contributed by atoms with van der Waals surface area (Å²) in [4.78, 5) is 8.95. The van der Waals surface area contributed by atoms with Crippen LogP contribution in [0.3, 0.4) is 0 Å². The molecule has 0 bridgehead atoms. The van der Waals surface area contributed by atoms with Gasteiger partial charge >= 0.3 is 18.9 Å². The Morgan fingerprint density at radius 1 is 2.00 bits per heavy atom. The Morgan fingerprint density at radius 3 is 2.20 bits per heavy atom. The molecule has 0 rings (SSSR count). The van der Waals surface area contributed by atoms with Crippen LogP contribution < -0.4 is 18.9 Å². The van der Waals surface area contributed by atoms with E-state index >= 15 is 0 Å². The molecule has 0 aliphatic rings. The van der Waals surface area contributed by atoms with Gasteiger partial charge in [-0.3, -0.25) is 4.79 Å². The van der Waals surface area contributed by atoms with E-state index in [0.29, 0.717) is 6.47 Å². The zero-order valence-corrected chi connectivity index (χ0v) is 3.39. The van der Waals surface area contributed by atoms with Crippen molar-refractivity contribution in [3.63, 3.8) is 0 Å². The SMILES string of the molecule is COC=O.[H-].[Li+]. The summed E-state index contributed by atoms with van der Waals surface area (Å²) in [6.45, 7) is 0.375. The molecule has 0 heterocycles. The molecule has 0 aromatic rings. The minimum absolute atomic E-state index is 0. The first-order chi connectivity index (χ1) is 1.91. The van der Waals surface area contributed by atoms with Crippen molar-refractivity contribution in [1.82, 2.24) is 0 Å². The van der Waals surface area contributed by atoms with Gasteiger partial charge in [0.05, 0.1) is 7.11 Å². The molecule has 0 aliphatic heterocycles. The molecule has 0 aliphatic carbocycles. The molecule has 26 valence electrons. The largest absolute Gasteiger partial charge is 1.00 e. The number of methoxy groups -OCH3 is 1. The smallest absolute Gasteiger partial charge is 1.00 e. The maximum absolute atomic E-state index is 8.95. The van der Waals surface area contributed by atoms with E-state index in [1.165, 1.54) is 7.11 Å². The number of hydrogen-bond acceptors (Lipinski definition) is 2. The molecule has 0 aromatic carbocycles. The van der Waals surface area contributed by atoms with Crippen LogP contribution in [-0.2, 0) is 9.53 Å². The third-order valence-electron chi connectivity index (χ3n) is 0.0962. The average molecular weight is 68.0 g/mol. The maximum Gasteiger partial charge on any atom is 1.00 e. The second-order valence-electron chi connectivity index (χ2n) is 0.332.